The van der Waals surface area contributed by atoms with Gasteiger partial charge >= 0.3 is 0 Å². The molecule has 0 saturated carbocycles. The number of anilines is 3. The van der Waals surface area contributed by atoms with Gasteiger partial charge in [-0.05, 0) is 81.6 Å². The Bertz CT molecular complexity index is 2090. The van der Waals surface area contributed by atoms with E-state index in [4.69, 9.17) is 0 Å². The normalized spacial score (nSPS) is 11.9. The maximum atomic E-state index is 3.17. The fourth-order valence-electron chi connectivity index (χ4n) is 17.1. The van der Waals surface area contributed by atoms with Crippen LogP contribution in [-0.4, -0.2) is 57.3 Å². The Morgan fingerprint density at radius 1 is 0.184 bits per heavy atom. The van der Waals surface area contributed by atoms with E-state index in [1.165, 1.54) is 435 Å². The van der Waals surface area contributed by atoms with Crippen LogP contribution in [0, 0.1) is 0 Å². The van der Waals surface area contributed by atoms with Crippen LogP contribution in [0.2, 0.25) is 0 Å². The summed E-state index contributed by atoms with van der Waals surface area (Å²) in [7, 11) is 0. The Hall–Kier alpha value is -2.98. The first-order valence-corrected chi connectivity index (χ1v) is 47.3. The summed E-state index contributed by atoms with van der Waals surface area (Å²) >= 11 is 0. The van der Waals surface area contributed by atoms with Gasteiger partial charge < -0.3 is 14.7 Å². The van der Waals surface area contributed by atoms with E-state index in [0.717, 1.165) is 39.3 Å². The van der Waals surface area contributed by atoms with Crippen molar-refractivity contribution in [2.75, 3.05) is 67.1 Å². The van der Waals surface area contributed by atoms with Crippen LogP contribution in [0.15, 0.2) is 72.8 Å². The molecule has 0 aromatic heterocycles. The van der Waals surface area contributed by atoms with E-state index in [-0.39, 0.29) is 0 Å². The Morgan fingerprint density at radius 2 is 0.379 bits per heavy atom. The van der Waals surface area contributed by atoms with Crippen molar-refractivity contribution in [2.45, 2.75) is 472 Å². The van der Waals surface area contributed by atoms with Gasteiger partial charge in [0, 0.05) is 44.8 Å². The summed E-state index contributed by atoms with van der Waals surface area (Å²) < 4.78 is 0. The van der Waals surface area contributed by atoms with E-state index in [9.17, 15) is 0 Å². The average molecular weight is 1430 g/mol. The Morgan fingerprint density at radius 3 is 0.612 bits per heavy atom. The van der Waals surface area contributed by atoms with E-state index in [1.807, 2.05) is 0 Å². The third-order valence-corrected chi connectivity index (χ3v) is 23.6. The van der Waals surface area contributed by atoms with E-state index in [0.29, 0.717) is 0 Å². The van der Waals surface area contributed by atoms with Crippen molar-refractivity contribution in [1.29, 1.82) is 0 Å². The summed E-state index contributed by atoms with van der Waals surface area (Å²) in [6.45, 7) is 28.2. The van der Waals surface area contributed by atoms with Gasteiger partial charge in [0.05, 0.1) is 22.6 Å². The minimum atomic E-state index is -0.507. The monoisotopic (exact) mass is 1430 g/mol. The zero-order chi connectivity index (χ0) is 73.7. The van der Waals surface area contributed by atoms with Crippen molar-refractivity contribution in [2.24, 2.45) is 0 Å². The summed E-state index contributed by atoms with van der Waals surface area (Å²) in [4.78, 5) is 12.6. The summed E-state index contributed by atoms with van der Waals surface area (Å²) in [5.41, 5.74) is 8.93. The first kappa shape index (κ1) is 94.2. The summed E-state index contributed by atoms with van der Waals surface area (Å²) in [5.74, 6) is 0. The Balaban J connectivity index is 2.71. The minimum absolute atomic E-state index is 0.507. The fourth-order valence-corrected chi connectivity index (χ4v) is 17.1. The van der Waals surface area contributed by atoms with Crippen LogP contribution in [0.5, 0.6) is 0 Å². The minimum Gasteiger partial charge on any atom is -0.370 e. The predicted molar refractivity (Wildman–Crippen MR) is 468 cm³/mol. The molecule has 4 heteroatoms. The van der Waals surface area contributed by atoms with Gasteiger partial charge in [0.15, 0.2) is 0 Å². The molecule has 0 bridgehead atoms. The molecule has 103 heavy (non-hydrogen) atoms. The highest BCUT2D eigenvalue weighted by Gasteiger charge is 2.45. The molecule has 0 aliphatic heterocycles. The quantitative estimate of drug-likeness (QED) is 0.0412. The number of nitrogens with zero attached hydrogens (tertiary/aromatic N) is 4. The molecule has 3 aromatic carbocycles. The molecular formula is C99H180N4. The lowest BCUT2D eigenvalue weighted by molar-refractivity contribution is 0.149. The predicted octanol–water partition coefficient (Wildman–Crippen LogP) is 32.8. The van der Waals surface area contributed by atoms with Crippen molar-refractivity contribution < 1.29 is 0 Å². The topological polar surface area (TPSA) is 13.0 Å². The molecule has 0 amide bonds. The molecule has 0 atom stereocenters. The highest BCUT2D eigenvalue weighted by atomic mass is 15.3. The molecule has 0 aliphatic rings. The zero-order valence-electron chi connectivity index (χ0n) is 71.1. The van der Waals surface area contributed by atoms with Gasteiger partial charge in [-0.25, -0.2) is 0 Å². The second-order valence-electron chi connectivity index (χ2n) is 33.0. The van der Waals surface area contributed by atoms with Crippen LogP contribution in [0.3, 0.4) is 0 Å². The van der Waals surface area contributed by atoms with Crippen LogP contribution in [-0.2, 0) is 5.54 Å². The lowest BCUT2D eigenvalue weighted by Crippen LogP contribution is -2.50. The smallest absolute Gasteiger partial charge is 0.0993 e. The van der Waals surface area contributed by atoms with Crippen molar-refractivity contribution in [3.63, 3.8) is 0 Å². The molecule has 4 nitrogen and oxygen atoms in total. The molecule has 0 spiro atoms. The summed E-state index contributed by atoms with van der Waals surface area (Å²) in [6, 6.07) is 30.5. The molecule has 0 saturated heterocycles. The number of rotatable bonds is 79. The van der Waals surface area contributed by atoms with Gasteiger partial charge in [-0.15, -0.1) is 0 Å². The molecule has 0 radical (unpaired) electrons. The van der Waals surface area contributed by atoms with Crippen molar-refractivity contribution in [1.82, 2.24) is 4.90 Å². The maximum Gasteiger partial charge on any atom is 0.0993 e. The largest absolute Gasteiger partial charge is 0.370 e. The lowest BCUT2D eigenvalue weighted by atomic mass is 9.73. The Labute approximate surface area is 646 Å². The van der Waals surface area contributed by atoms with Crippen LogP contribution in [0.1, 0.15) is 483 Å². The molecule has 0 aliphatic carbocycles. The molecule has 3 aromatic rings. The van der Waals surface area contributed by atoms with Crippen molar-refractivity contribution in [3.8, 4) is 0 Å². The number of unbranched alkanes of at least 4 members (excludes halogenated alkanes) is 56. The highest BCUT2D eigenvalue weighted by molar-refractivity contribution is 5.89. The molecule has 0 heterocycles. The van der Waals surface area contributed by atoms with Gasteiger partial charge in [-0.2, -0.15) is 0 Å². The number of benzene rings is 3. The first-order chi connectivity index (χ1) is 51.0. The standard InChI is InChI=1S/C99H180N4/c1-9-17-25-33-41-49-57-71-85-100(86-72-58-50-42-34-26-18-10-2)96-84-83-95(99(93-79-67-65-68-80-93,94-81-69-66-70-82-94)103(91-77-63-55-47-39-31-23-15-7)92-78-64-56-48-40-32-24-16-8)97(101(87-73-59-51-43-35-27-19-11-3)88-74-60-52-44-36-28-20-12-4)98(96)102(89-75-61-53-45-37-29-21-13-5)90-76-62-54-46-38-30-22-14-6/h65-70,79-84H,9-64,71-78,85-92H2,1-8H3. The zero-order valence-corrected chi connectivity index (χ0v) is 71.1. The van der Waals surface area contributed by atoms with E-state index in [2.05, 4.69) is 148 Å². The van der Waals surface area contributed by atoms with Gasteiger partial charge in [-0.1, -0.05) is 482 Å². The summed E-state index contributed by atoms with van der Waals surface area (Å²) in [5, 5.41) is 0. The summed E-state index contributed by atoms with van der Waals surface area (Å²) in [6.07, 6.45) is 87.1. The number of hydrogen-bond donors (Lipinski definition) is 0. The molecular weight excluding hydrogens is 1250 g/mol. The third kappa shape index (κ3) is 43.7. The Kier molecular flexibility index (Phi) is 63.6. The highest BCUT2D eigenvalue weighted by Crippen LogP contribution is 2.53. The van der Waals surface area contributed by atoms with E-state index >= 15 is 0 Å². The second-order valence-corrected chi connectivity index (χ2v) is 33.0. The van der Waals surface area contributed by atoms with Crippen molar-refractivity contribution in [3.05, 3.63) is 89.5 Å². The average Bonchev–Trinajstić information content (AvgIpc) is 0.718. The fraction of sp³-hybridized carbons (Fsp3) is 0.818. The van der Waals surface area contributed by atoms with Crippen LogP contribution in [0.25, 0.3) is 0 Å². The molecule has 0 unspecified atom stereocenters. The lowest BCUT2D eigenvalue weighted by Gasteiger charge is -2.49. The van der Waals surface area contributed by atoms with Gasteiger partial charge in [0.2, 0.25) is 0 Å². The van der Waals surface area contributed by atoms with Crippen LogP contribution in [0.4, 0.5) is 17.1 Å². The molecule has 0 N–H and O–H groups in total. The molecule has 0 fully saturated rings. The maximum absolute atomic E-state index is 3.17. The SMILES string of the molecule is CCCCCCCCCCN(CCCCCCCCCC)c1ccc(C(c2ccccc2)(c2ccccc2)N(CCCCCCCCCC)CCCCCCCCCC)c(N(CCCCCCCCCC)CCCCCCCCCC)c1N(CCCCCCCCCC)CCCCCCCCCC. The molecule has 596 valence electrons. The third-order valence-electron chi connectivity index (χ3n) is 23.6. The first-order valence-electron chi connectivity index (χ1n) is 47.3. The van der Waals surface area contributed by atoms with Crippen LogP contribution >= 0.6 is 0 Å². The van der Waals surface area contributed by atoms with Gasteiger partial charge in [0.25, 0.3) is 0 Å². The van der Waals surface area contributed by atoms with E-state index < -0.39 is 5.54 Å². The van der Waals surface area contributed by atoms with E-state index in [1.54, 1.807) is 22.6 Å². The van der Waals surface area contributed by atoms with Gasteiger partial charge in [-0.3, -0.25) is 4.90 Å². The number of hydrogen-bond acceptors (Lipinski definition) is 4. The second kappa shape index (κ2) is 69.5. The van der Waals surface area contributed by atoms with Gasteiger partial charge in [0.1, 0.15) is 0 Å². The van der Waals surface area contributed by atoms with Crippen molar-refractivity contribution >= 4 is 17.1 Å². The van der Waals surface area contributed by atoms with Crippen LogP contribution < -0.4 is 14.7 Å². The molecule has 3 rings (SSSR count).